The van der Waals surface area contributed by atoms with E-state index in [2.05, 4.69) is 43.8 Å². The van der Waals surface area contributed by atoms with E-state index in [4.69, 9.17) is 9.47 Å². The van der Waals surface area contributed by atoms with Gasteiger partial charge in [-0.05, 0) is 105 Å². The third kappa shape index (κ3) is 6.83. The zero-order valence-electron chi connectivity index (χ0n) is 18.2. The second-order valence-corrected chi connectivity index (χ2v) is 9.21. The smallest absolute Gasteiger partial charge is 0.266 e. The summed E-state index contributed by atoms with van der Waals surface area (Å²) >= 11 is 5.72. The quantitative estimate of drug-likeness (QED) is 0.170. The van der Waals surface area contributed by atoms with Gasteiger partial charge in [0.05, 0.1) is 11.1 Å². The van der Waals surface area contributed by atoms with Crippen LogP contribution in [-0.4, -0.2) is 12.5 Å². The molecule has 0 spiro atoms. The molecule has 0 atom stereocenters. The van der Waals surface area contributed by atoms with Crippen LogP contribution in [0.5, 0.6) is 11.5 Å². The topological polar surface area (TPSA) is 71.3 Å². The average Bonchev–Trinajstić information content (AvgIpc) is 2.78. The van der Waals surface area contributed by atoms with Crippen molar-refractivity contribution in [1.29, 1.82) is 5.26 Å². The van der Waals surface area contributed by atoms with E-state index < -0.39 is 5.91 Å². The Morgan fingerprint density at radius 1 is 1.15 bits per heavy atom. The minimum absolute atomic E-state index is 0.0169. The number of carbonyl (C=O) groups is 1. The number of halogens is 2. The van der Waals surface area contributed by atoms with Gasteiger partial charge in [-0.25, -0.2) is 0 Å². The number of amides is 1. The molecule has 1 amide bonds. The van der Waals surface area contributed by atoms with E-state index in [0.717, 1.165) is 14.7 Å². The Bertz CT molecular complexity index is 1230. The highest BCUT2D eigenvalue weighted by Crippen LogP contribution is 2.38. The van der Waals surface area contributed by atoms with Gasteiger partial charge in [-0.15, -0.1) is 0 Å². The predicted molar refractivity (Wildman–Crippen MR) is 142 cm³/mol. The molecule has 0 bridgehead atoms. The number of nitriles is 1. The first-order valence-electron chi connectivity index (χ1n) is 10.2. The maximum absolute atomic E-state index is 12.6. The molecule has 1 N–H and O–H groups in total. The summed E-state index contributed by atoms with van der Waals surface area (Å²) in [7, 11) is 0. The number of benzene rings is 3. The SMILES string of the molecule is CCOc1cc(/C=C(\C#N)C(=O)Nc2cccc(I)c2)cc(Br)c1OCc1ccccc1C. The van der Waals surface area contributed by atoms with Crippen molar-refractivity contribution in [3.8, 4) is 17.6 Å². The molecule has 0 aliphatic heterocycles. The maximum atomic E-state index is 12.6. The lowest BCUT2D eigenvalue weighted by atomic mass is 10.1. The van der Waals surface area contributed by atoms with Crippen molar-refractivity contribution in [2.24, 2.45) is 0 Å². The Hall–Kier alpha value is -2.83. The van der Waals surface area contributed by atoms with Crippen LogP contribution in [-0.2, 0) is 11.4 Å². The zero-order chi connectivity index (χ0) is 23.8. The summed E-state index contributed by atoms with van der Waals surface area (Å²) in [6, 6.07) is 20.9. The van der Waals surface area contributed by atoms with Crippen LogP contribution < -0.4 is 14.8 Å². The zero-order valence-corrected chi connectivity index (χ0v) is 21.9. The number of nitrogens with zero attached hydrogens (tertiary/aromatic N) is 1. The maximum Gasteiger partial charge on any atom is 0.266 e. The lowest BCUT2D eigenvalue weighted by Crippen LogP contribution is -2.13. The standard InChI is InChI=1S/C26H22BrIN2O3/c1-3-32-24-13-18(11-20(15-29)26(31)30-22-10-6-9-21(28)14-22)12-23(27)25(24)33-16-19-8-5-4-7-17(19)2/h4-14H,3,16H2,1-2H3,(H,30,31)/b20-11+. The van der Waals surface area contributed by atoms with Crippen LogP contribution in [0.15, 0.2) is 70.7 Å². The van der Waals surface area contributed by atoms with Gasteiger partial charge >= 0.3 is 0 Å². The third-order valence-corrected chi connectivity index (χ3v) is 5.98. The second kappa shape index (κ2) is 11.9. The number of rotatable bonds is 8. The molecule has 33 heavy (non-hydrogen) atoms. The molecule has 0 fully saturated rings. The molecule has 0 aliphatic rings. The fourth-order valence-electron chi connectivity index (χ4n) is 3.08. The summed E-state index contributed by atoms with van der Waals surface area (Å²) in [5, 5.41) is 12.3. The summed E-state index contributed by atoms with van der Waals surface area (Å²) in [4.78, 5) is 12.6. The van der Waals surface area contributed by atoms with E-state index >= 15 is 0 Å². The number of carbonyl (C=O) groups excluding carboxylic acids is 1. The number of ether oxygens (including phenoxy) is 2. The van der Waals surface area contributed by atoms with Crippen LogP contribution in [0.1, 0.15) is 23.6 Å². The lowest BCUT2D eigenvalue weighted by Gasteiger charge is -2.15. The van der Waals surface area contributed by atoms with Gasteiger partial charge in [-0.3, -0.25) is 4.79 Å². The minimum atomic E-state index is -0.478. The highest BCUT2D eigenvalue weighted by molar-refractivity contribution is 14.1. The van der Waals surface area contributed by atoms with Gasteiger partial charge in [0.1, 0.15) is 18.2 Å². The molecule has 5 nitrogen and oxygen atoms in total. The number of anilines is 1. The molecule has 0 saturated heterocycles. The van der Waals surface area contributed by atoms with E-state index in [1.54, 1.807) is 18.2 Å². The van der Waals surface area contributed by atoms with E-state index in [9.17, 15) is 10.1 Å². The Labute approximate surface area is 215 Å². The van der Waals surface area contributed by atoms with Gasteiger partial charge in [0.2, 0.25) is 0 Å². The highest BCUT2D eigenvalue weighted by Gasteiger charge is 2.15. The van der Waals surface area contributed by atoms with Gasteiger partial charge in [0, 0.05) is 9.26 Å². The van der Waals surface area contributed by atoms with Crippen molar-refractivity contribution in [3.05, 3.63) is 91.0 Å². The molecule has 0 aromatic heterocycles. The molecule has 0 aliphatic carbocycles. The summed E-state index contributed by atoms with van der Waals surface area (Å²) < 4.78 is 13.5. The second-order valence-electron chi connectivity index (χ2n) is 7.11. The van der Waals surface area contributed by atoms with E-state index in [1.807, 2.05) is 62.4 Å². The van der Waals surface area contributed by atoms with Gasteiger partial charge in [0.25, 0.3) is 5.91 Å². The number of hydrogen-bond donors (Lipinski definition) is 1. The predicted octanol–water partition coefficient (Wildman–Crippen LogP) is 6.89. The van der Waals surface area contributed by atoms with Crippen LogP contribution in [0.4, 0.5) is 5.69 Å². The normalized spacial score (nSPS) is 10.9. The monoisotopic (exact) mass is 616 g/mol. The molecule has 3 aromatic carbocycles. The van der Waals surface area contributed by atoms with Crippen molar-refractivity contribution in [3.63, 3.8) is 0 Å². The molecule has 0 saturated carbocycles. The van der Waals surface area contributed by atoms with Crippen molar-refractivity contribution in [1.82, 2.24) is 0 Å². The fourth-order valence-corrected chi connectivity index (χ4v) is 4.19. The first-order chi connectivity index (χ1) is 15.9. The Kier molecular flexibility index (Phi) is 8.92. The van der Waals surface area contributed by atoms with E-state index in [1.165, 1.54) is 6.08 Å². The molecular formula is C26H22BrIN2O3. The summed E-state index contributed by atoms with van der Waals surface area (Å²) in [6.07, 6.45) is 1.53. The summed E-state index contributed by atoms with van der Waals surface area (Å²) in [5.41, 5.74) is 3.47. The molecule has 7 heteroatoms. The summed E-state index contributed by atoms with van der Waals surface area (Å²) in [6.45, 7) is 4.76. The Morgan fingerprint density at radius 3 is 2.64 bits per heavy atom. The number of aryl methyl sites for hydroxylation is 1. The van der Waals surface area contributed by atoms with E-state index in [0.29, 0.717) is 40.4 Å². The molecular weight excluding hydrogens is 595 g/mol. The average molecular weight is 617 g/mol. The van der Waals surface area contributed by atoms with Crippen molar-refractivity contribution >= 4 is 56.2 Å². The summed E-state index contributed by atoms with van der Waals surface area (Å²) in [5.74, 6) is 0.620. The van der Waals surface area contributed by atoms with Crippen molar-refractivity contribution in [2.45, 2.75) is 20.5 Å². The van der Waals surface area contributed by atoms with Gasteiger partial charge < -0.3 is 14.8 Å². The van der Waals surface area contributed by atoms with Crippen LogP contribution in [0.25, 0.3) is 6.08 Å². The molecule has 0 heterocycles. The van der Waals surface area contributed by atoms with Crippen LogP contribution in [0.3, 0.4) is 0 Å². The third-order valence-electron chi connectivity index (χ3n) is 4.72. The molecule has 0 radical (unpaired) electrons. The Morgan fingerprint density at radius 2 is 1.94 bits per heavy atom. The fraction of sp³-hybridized carbons (Fsp3) is 0.154. The van der Waals surface area contributed by atoms with E-state index in [-0.39, 0.29) is 5.57 Å². The van der Waals surface area contributed by atoms with Gasteiger partial charge in [0.15, 0.2) is 11.5 Å². The number of nitrogens with one attached hydrogen (secondary N) is 1. The van der Waals surface area contributed by atoms with Crippen LogP contribution in [0.2, 0.25) is 0 Å². The molecule has 3 rings (SSSR count). The van der Waals surface area contributed by atoms with Crippen LogP contribution in [0, 0.1) is 21.8 Å². The van der Waals surface area contributed by atoms with Gasteiger partial charge in [-0.1, -0.05) is 30.3 Å². The van der Waals surface area contributed by atoms with Crippen molar-refractivity contribution in [2.75, 3.05) is 11.9 Å². The van der Waals surface area contributed by atoms with Gasteiger partial charge in [-0.2, -0.15) is 5.26 Å². The lowest BCUT2D eigenvalue weighted by molar-refractivity contribution is -0.112. The van der Waals surface area contributed by atoms with Crippen LogP contribution >= 0.6 is 38.5 Å². The van der Waals surface area contributed by atoms with Crippen molar-refractivity contribution < 1.29 is 14.3 Å². The minimum Gasteiger partial charge on any atom is -0.490 e. The largest absolute Gasteiger partial charge is 0.490 e. The molecule has 0 unspecified atom stereocenters. The first-order valence-corrected chi connectivity index (χ1v) is 12.1. The first kappa shape index (κ1) is 24.8. The number of hydrogen-bond acceptors (Lipinski definition) is 4. The molecule has 168 valence electrons. The highest BCUT2D eigenvalue weighted by atomic mass is 127. The Balaban J connectivity index is 1.86. The molecule has 3 aromatic rings.